The standard InChI is InChI=1S/C77H47N11/c78-48-62-69(87-65-37-21-19-35-58(65)60-43-55(39-41-67(60)87)76-83-72(51-27-11-3-12-28-51)81-73(84-76)52-29-13-4-14-30-52)45-57(64-47-63(49-23-7-1-8-24-49)79-71(80-64)50-25-9-2-10-26-50)46-70(62)88-66-38-22-20-36-59(66)61-44-56(40-42-68(61)88)77-85-74(53-31-15-5-16-32-53)82-75(86-77)54-33-17-6-18-34-54/h1-47H. The van der Waals surface area contributed by atoms with Gasteiger partial charge < -0.3 is 9.13 Å². The van der Waals surface area contributed by atoms with Crippen LogP contribution in [0.4, 0.5) is 0 Å². The summed E-state index contributed by atoms with van der Waals surface area (Å²) in [6.07, 6.45) is 0. The average Bonchev–Trinajstić information content (AvgIpc) is 1.77. The van der Waals surface area contributed by atoms with Crippen molar-refractivity contribution in [2.24, 2.45) is 0 Å². The lowest BCUT2D eigenvalue weighted by molar-refractivity contribution is 1.07. The maximum atomic E-state index is 12.1. The minimum Gasteiger partial charge on any atom is -0.308 e. The number of para-hydroxylation sites is 2. The number of hydrogen-bond donors (Lipinski definition) is 0. The molecule has 5 heterocycles. The molecule has 0 aliphatic heterocycles. The molecule has 0 saturated heterocycles. The van der Waals surface area contributed by atoms with Gasteiger partial charge in [0.2, 0.25) is 0 Å². The van der Waals surface area contributed by atoms with Crippen molar-refractivity contribution in [3.63, 3.8) is 0 Å². The SMILES string of the molecule is N#Cc1c(-n2c3ccccc3c3cc(-c4nc(-c5ccccc5)nc(-c5ccccc5)n4)ccc32)cc(-c2cc(-c3ccccc3)nc(-c3ccccc3)n2)cc1-n1c2ccccc2c2cc(-c3nc(-c4ccccc4)nc(-c4ccccc4)n3)ccc21. The Morgan fingerprint density at radius 3 is 0.864 bits per heavy atom. The second-order valence-electron chi connectivity index (χ2n) is 21.4. The summed E-state index contributed by atoms with van der Waals surface area (Å²) in [5.74, 6) is 3.96. The zero-order valence-corrected chi connectivity index (χ0v) is 47.1. The van der Waals surface area contributed by atoms with Gasteiger partial charge in [0.05, 0.1) is 44.8 Å². The summed E-state index contributed by atoms with van der Waals surface area (Å²) in [4.78, 5) is 41.1. The van der Waals surface area contributed by atoms with Crippen molar-refractivity contribution in [1.82, 2.24) is 49.0 Å². The third kappa shape index (κ3) is 9.18. The van der Waals surface area contributed by atoms with Crippen LogP contribution in [0.3, 0.4) is 0 Å². The van der Waals surface area contributed by atoms with Gasteiger partial charge in [0, 0.05) is 71.6 Å². The minimum absolute atomic E-state index is 0.456. The van der Waals surface area contributed by atoms with Crippen LogP contribution in [0.25, 0.3) is 157 Å². The van der Waals surface area contributed by atoms with Crippen LogP contribution in [0.15, 0.2) is 285 Å². The normalized spacial score (nSPS) is 11.4. The third-order valence-electron chi connectivity index (χ3n) is 16.1. The Labute approximate surface area is 505 Å². The van der Waals surface area contributed by atoms with Gasteiger partial charge in [-0.3, -0.25) is 0 Å². The lowest BCUT2D eigenvalue weighted by Gasteiger charge is -2.19. The number of aromatic nitrogens is 10. The first kappa shape index (κ1) is 51.3. The molecule has 11 heteroatoms. The van der Waals surface area contributed by atoms with Crippen molar-refractivity contribution in [3.05, 3.63) is 291 Å². The van der Waals surface area contributed by atoms with E-state index in [1.54, 1.807) is 0 Å². The number of hydrogen-bond acceptors (Lipinski definition) is 9. The molecule has 0 saturated carbocycles. The summed E-state index contributed by atoms with van der Waals surface area (Å²) in [6, 6.07) is 98.8. The van der Waals surface area contributed by atoms with E-state index in [1.165, 1.54) is 0 Å². The van der Waals surface area contributed by atoms with Crippen LogP contribution < -0.4 is 0 Å². The summed E-state index contributed by atoms with van der Waals surface area (Å²) in [6.45, 7) is 0. The molecule has 0 aliphatic carbocycles. The third-order valence-corrected chi connectivity index (χ3v) is 16.1. The van der Waals surface area contributed by atoms with Gasteiger partial charge in [-0.2, -0.15) is 5.26 Å². The Balaban J connectivity index is 0.946. The molecule has 0 aliphatic rings. The number of rotatable bonds is 11. The Morgan fingerprint density at radius 1 is 0.227 bits per heavy atom. The van der Waals surface area contributed by atoms with Crippen molar-refractivity contribution in [1.29, 1.82) is 5.26 Å². The molecule has 410 valence electrons. The largest absolute Gasteiger partial charge is 0.308 e. The molecule has 0 atom stereocenters. The lowest BCUT2D eigenvalue weighted by atomic mass is 10.0. The van der Waals surface area contributed by atoms with Crippen molar-refractivity contribution in [2.45, 2.75) is 0 Å². The summed E-state index contributed by atoms with van der Waals surface area (Å²) >= 11 is 0. The van der Waals surface area contributed by atoms with Crippen molar-refractivity contribution in [3.8, 4) is 120 Å². The van der Waals surface area contributed by atoms with E-state index in [4.69, 9.17) is 39.9 Å². The Hall–Kier alpha value is -12.4. The van der Waals surface area contributed by atoms with E-state index in [0.29, 0.717) is 63.4 Å². The highest BCUT2D eigenvalue weighted by molar-refractivity contribution is 6.12. The smallest absolute Gasteiger partial charge is 0.164 e. The molecule has 0 N–H and O–H groups in total. The number of nitriles is 1. The van der Waals surface area contributed by atoms with Crippen molar-refractivity contribution in [2.75, 3.05) is 0 Å². The summed E-state index contributed by atoms with van der Waals surface area (Å²) in [7, 11) is 0. The van der Waals surface area contributed by atoms with E-state index < -0.39 is 0 Å². The van der Waals surface area contributed by atoms with Gasteiger partial charge in [-0.1, -0.05) is 218 Å². The van der Waals surface area contributed by atoms with Crippen LogP contribution in [0.2, 0.25) is 0 Å². The van der Waals surface area contributed by atoms with Crippen molar-refractivity contribution < 1.29 is 0 Å². The van der Waals surface area contributed by atoms with Crippen LogP contribution in [0, 0.1) is 11.3 Å². The minimum atomic E-state index is 0.456. The van der Waals surface area contributed by atoms with Gasteiger partial charge in [-0.05, 0) is 66.7 Å². The van der Waals surface area contributed by atoms with Crippen molar-refractivity contribution >= 4 is 43.6 Å². The molecule has 0 fully saturated rings. The molecule has 0 bridgehead atoms. The number of nitrogens with zero attached hydrogens (tertiary/aromatic N) is 11. The van der Waals surface area contributed by atoms with Crippen LogP contribution in [-0.4, -0.2) is 49.0 Å². The molecule has 16 aromatic rings. The summed E-state index contributed by atoms with van der Waals surface area (Å²) < 4.78 is 4.44. The van der Waals surface area contributed by atoms with Crippen LogP contribution in [0.5, 0.6) is 0 Å². The Morgan fingerprint density at radius 2 is 0.511 bits per heavy atom. The van der Waals surface area contributed by atoms with Gasteiger partial charge in [0.1, 0.15) is 11.6 Å². The molecule has 88 heavy (non-hydrogen) atoms. The Bertz CT molecular complexity index is 4940. The molecule has 11 nitrogen and oxygen atoms in total. The topological polar surface area (TPSA) is 137 Å². The number of benzene rings is 11. The molecule has 0 amide bonds. The first-order valence-corrected chi connectivity index (χ1v) is 29.0. The van der Waals surface area contributed by atoms with Gasteiger partial charge in [0.25, 0.3) is 0 Å². The Kier molecular flexibility index (Phi) is 12.6. The van der Waals surface area contributed by atoms with E-state index in [2.05, 4.69) is 118 Å². The maximum Gasteiger partial charge on any atom is 0.164 e. The zero-order valence-electron chi connectivity index (χ0n) is 47.1. The predicted octanol–water partition coefficient (Wildman–Crippen LogP) is 17.9. The molecular formula is C77H47N11. The lowest BCUT2D eigenvalue weighted by Crippen LogP contribution is -2.06. The van der Waals surface area contributed by atoms with Gasteiger partial charge in [-0.15, -0.1) is 0 Å². The number of fused-ring (bicyclic) bond motifs is 6. The quantitative estimate of drug-likeness (QED) is 0.124. The van der Waals surface area contributed by atoms with E-state index in [0.717, 1.165) is 99.4 Å². The molecule has 0 unspecified atom stereocenters. The van der Waals surface area contributed by atoms with E-state index in [9.17, 15) is 5.26 Å². The highest BCUT2D eigenvalue weighted by atomic mass is 15.1. The molecule has 16 rings (SSSR count). The fourth-order valence-electron chi connectivity index (χ4n) is 11.9. The fourth-order valence-corrected chi connectivity index (χ4v) is 11.9. The summed E-state index contributed by atoms with van der Waals surface area (Å²) in [5.41, 5.74) is 14.6. The second kappa shape index (κ2) is 21.7. The van der Waals surface area contributed by atoms with Gasteiger partial charge in [0.15, 0.2) is 40.8 Å². The monoisotopic (exact) mass is 1130 g/mol. The van der Waals surface area contributed by atoms with Gasteiger partial charge >= 0.3 is 0 Å². The van der Waals surface area contributed by atoms with Gasteiger partial charge in [-0.25, -0.2) is 39.9 Å². The highest BCUT2D eigenvalue weighted by Gasteiger charge is 2.25. The second-order valence-corrected chi connectivity index (χ2v) is 21.4. The van der Waals surface area contributed by atoms with E-state index in [-0.39, 0.29) is 0 Å². The molecule has 11 aromatic carbocycles. The average molecular weight is 1130 g/mol. The molecule has 0 radical (unpaired) electrons. The molecular weight excluding hydrogens is 1080 g/mol. The highest BCUT2D eigenvalue weighted by Crippen LogP contribution is 2.43. The van der Waals surface area contributed by atoms with Crippen LogP contribution >= 0.6 is 0 Å². The van der Waals surface area contributed by atoms with E-state index in [1.807, 2.05) is 182 Å². The van der Waals surface area contributed by atoms with E-state index >= 15 is 0 Å². The maximum absolute atomic E-state index is 12.1. The molecule has 0 spiro atoms. The summed E-state index contributed by atoms with van der Waals surface area (Å²) in [5, 5.41) is 15.9. The fraction of sp³-hybridized carbons (Fsp3) is 0. The van der Waals surface area contributed by atoms with Crippen LogP contribution in [-0.2, 0) is 0 Å². The predicted molar refractivity (Wildman–Crippen MR) is 351 cm³/mol. The first-order valence-electron chi connectivity index (χ1n) is 29.0. The first-order chi connectivity index (χ1) is 43.6. The molecule has 5 aromatic heterocycles. The zero-order chi connectivity index (χ0) is 58.5. The van der Waals surface area contributed by atoms with Crippen LogP contribution in [0.1, 0.15) is 5.56 Å².